The number of nitrogens with zero attached hydrogens (tertiary/aromatic N) is 1. The molecule has 0 amide bonds. The summed E-state index contributed by atoms with van der Waals surface area (Å²) in [5.41, 5.74) is 2.61. The van der Waals surface area contributed by atoms with E-state index in [-0.39, 0.29) is 31.2 Å². The van der Waals surface area contributed by atoms with E-state index in [1.54, 1.807) is 0 Å². The minimum Gasteiger partial charge on any atom is -0.414 e. The first-order valence-electron chi connectivity index (χ1n) is 10.1. The van der Waals surface area contributed by atoms with Crippen molar-refractivity contribution in [3.63, 3.8) is 0 Å². The van der Waals surface area contributed by atoms with E-state index < -0.39 is 17.7 Å². The van der Waals surface area contributed by atoms with Gasteiger partial charge in [-0.1, -0.05) is 94.9 Å². The highest BCUT2D eigenvalue weighted by Gasteiger charge is 2.56. The number of hydrogen-bond acceptors (Lipinski definition) is 4. The molecule has 4 aromatic rings. The number of halogens is 4. The summed E-state index contributed by atoms with van der Waals surface area (Å²) in [4.78, 5) is 25.7. The number of hydrogen-bond donors (Lipinski definition) is 0. The van der Waals surface area contributed by atoms with Crippen molar-refractivity contribution in [3.05, 3.63) is 91.4 Å². The molecular formula is C25H15Cl4NO4. The average molecular weight is 535 g/mol. The maximum Gasteiger partial charge on any atom is 0.344 e. The molecule has 1 unspecified atom stereocenters. The fourth-order valence-corrected chi connectivity index (χ4v) is 5.58. The van der Waals surface area contributed by atoms with E-state index in [1.807, 2.05) is 66.2 Å². The van der Waals surface area contributed by atoms with Gasteiger partial charge in [0.05, 0.1) is 42.5 Å². The highest BCUT2D eigenvalue weighted by molar-refractivity contribution is 6.53. The summed E-state index contributed by atoms with van der Waals surface area (Å²) in [7, 11) is 1.87. The molecular weight excluding hydrogens is 520 g/mol. The van der Waals surface area contributed by atoms with Crippen LogP contribution < -0.4 is 0 Å². The van der Waals surface area contributed by atoms with Gasteiger partial charge in [0.2, 0.25) is 0 Å². The minimum atomic E-state index is -2.06. The summed E-state index contributed by atoms with van der Waals surface area (Å²) in [6, 6.07) is 16.9. The number of fused-ring (bicyclic) bond motifs is 2. The molecule has 0 spiro atoms. The lowest BCUT2D eigenvalue weighted by Gasteiger charge is -2.30. The number of carbonyl (C=O) groups excluding carboxylic acids is 2. The van der Waals surface area contributed by atoms with E-state index in [1.165, 1.54) is 6.92 Å². The van der Waals surface area contributed by atoms with Gasteiger partial charge in [-0.05, 0) is 11.6 Å². The van der Waals surface area contributed by atoms with Crippen molar-refractivity contribution in [2.75, 3.05) is 0 Å². The fourth-order valence-electron chi connectivity index (χ4n) is 4.53. The van der Waals surface area contributed by atoms with Crippen molar-refractivity contribution >= 4 is 69.2 Å². The van der Waals surface area contributed by atoms with Crippen LogP contribution in [-0.2, 0) is 27.1 Å². The molecule has 172 valence electrons. The van der Waals surface area contributed by atoms with Gasteiger partial charge >= 0.3 is 17.7 Å². The number of carbonyl (C=O) groups is 2. The van der Waals surface area contributed by atoms with Gasteiger partial charge in [-0.3, -0.25) is 4.79 Å². The molecule has 0 saturated heterocycles. The molecule has 1 aliphatic rings. The Morgan fingerprint density at radius 1 is 0.882 bits per heavy atom. The van der Waals surface area contributed by atoms with Gasteiger partial charge < -0.3 is 14.0 Å². The Hall–Kier alpha value is -2.70. The van der Waals surface area contributed by atoms with Crippen molar-refractivity contribution in [2.24, 2.45) is 7.05 Å². The molecule has 1 atom stereocenters. The van der Waals surface area contributed by atoms with Gasteiger partial charge in [-0.15, -0.1) is 0 Å². The van der Waals surface area contributed by atoms with Crippen LogP contribution in [0.25, 0.3) is 22.2 Å². The van der Waals surface area contributed by atoms with E-state index in [4.69, 9.17) is 55.9 Å². The number of benzene rings is 3. The molecule has 0 N–H and O–H groups in total. The number of aryl methyl sites for hydroxylation is 1. The van der Waals surface area contributed by atoms with Gasteiger partial charge in [0.25, 0.3) is 0 Å². The lowest BCUT2D eigenvalue weighted by molar-refractivity contribution is -0.190. The molecule has 34 heavy (non-hydrogen) atoms. The van der Waals surface area contributed by atoms with Gasteiger partial charge in [0, 0.05) is 24.9 Å². The third kappa shape index (κ3) is 3.15. The third-order valence-corrected chi connectivity index (χ3v) is 7.61. The Kier molecular flexibility index (Phi) is 5.57. The van der Waals surface area contributed by atoms with E-state index in [0.717, 1.165) is 11.1 Å². The lowest BCUT2D eigenvalue weighted by Crippen LogP contribution is -2.34. The Balaban J connectivity index is 2.01. The number of rotatable bonds is 3. The van der Waals surface area contributed by atoms with Gasteiger partial charge in [-0.25, -0.2) is 4.79 Å². The molecule has 0 radical (unpaired) electrons. The number of cyclic esters (lactones) is 1. The Bertz CT molecular complexity index is 1510. The van der Waals surface area contributed by atoms with Crippen molar-refractivity contribution in [2.45, 2.75) is 12.7 Å². The zero-order chi connectivity index (χ0) is 24.4. The molecule has 3 aromatic carbocycles. The Labute approximate surface area is 214 Å². The molecule has 9 heteroatoms. The molecule has 5 rings (SSSR count). The van der Waals surface area contributed by atoms with Crippen LogP contribution in [0.1, 0.15) is 28.4 Å². The standard InChI is InChI=1S/C25H15Cl4NO4/c1-12(31)33-25(18-16(24(32)34-25)19(26)21(28)22(29)20(18)27)17-14-10-6-7-11-15(14)30(2)23(17)13-8-4-3-5-9-13/h3-11H,1-2H3. The summed E-state index contributed by atoms with van der Waals surface area (Å²) in [5, 5.41) is 0.285. The predicted octanol–water partition coefficient (Wildman–Crippen LogP) is 7.39. The summed E-state index contributed by atoms with van der Waals surface area (Å²) in [5.74, 6) is -3.60. The normalized spacial score (nSPS) is 17.1. The molecule has 0 bridgehead atoms. The first kappa shape index (κ1) is 23.1. The Morgan fingerprint density at radius 3 is 2.18 bits per heavy atom. The largest absolute Gasteiger partial charge is 0.414 e. The number of aromatic nitrogens is 1. The SMILES string of the molecule is CC(=O)OC1(c2c(-c3ccccc3)n(C)c3ccccc23)OC(=O)c2c(Cl)c(Cl)c(Cl)c(Cl)c21. The highest BCUT2D eigenvalue weighted by atomic mass is 35.5. The predicted molar refractivity (Wildman–Crippen MR) is 133 cm³/mol. The van der Waals surface area contributed by atoms with Crippen molar-refractivity contribution in [1.82, 2.24) is 4.57 Å². The topological polar surface area (TPSA) is 57.5 Å². The van der Waals surface area contributed by atoms with Gasteiger partial charge in [-0.2, -0.15) is 0 Å². The second-order valence-electron chi connectivity index (χ2n) is 7.77. The summed E-state index contributed by atoms with van der Waals surface area (Å²) < 4.78 is 13.7. The zero-order valence-corrected chi connectivity index (χ0v) is 20.8. The molecule has 0 saturated carbocycles. The fraction of sp³-hybridized carbons (Fsp3) is 0.120. The summed E-state index contributed by atoms with van der Waals surface area (Å²) in [6.07, 6.45) is 0. The molecule has 5 nitrogen and oxygen atoms in total. The van der Waals surface area contributed by atoms with Gasteiger partial charge in [0.1, 0.15) is 0 Å². The van der Waals surface area contributed by atoms with Crippen LogP contribution in [0.3, 0.4) is 0 Å². The van der Waals surface area contributed by atoms with Crippen molar-refractivity contribution < 1.29 is 19.1 Å². The molecule has 1 aromatic heterocycles. The van der Waals surface area contributed by atoms with E-state index in [0.29, 0.717) is 16.6 Å². The lowest BCUT2D eigenvalue weighted by atomic mass is 9.91. The molecule has 2 heterocycles. The molecule has 1 aliphatic heterocycles. The summed E-state index contributed by atoms with van der Waals surface area (Å²) in [6.45, 7) is 1.22. The van der Waals surface area contributed by atoms with Crippen LogP contribution in [0.2, 0.25) is 20.1 Å². The maximum absolute atomic E-state index is 13.2. The van der Waals surface area contributed by atoms with Crippen LogP contribution in [-0.4, -0.2) is 16.5 Å². The third-order valence-electron chi connectivity index (χ3n) is 5.81. The van der Waals surface area contributed by atoms with E-state index >= 15 is 0 Å². The van der Waals surface area contributed by atoms with Crippen LogP contribution in [0.15, 0.2) is 54.6 Å². The molecule has 0 aliphatic carbocycles. The first-order valence-corrected chi connectivity index (χ1v) is 11.6. The molecule has 0 fully saturated rings. The maximum atomic E-state index is 13.2. The second kappa shape index (κ2) is 8.21. The highest BCUT2D eigenvalue weighted by Crippen LogP contribution is 2.56. The van der Waals surface area contributed by atoms with Crippen LogP contribution >= 0.6 is 46.4 Å². The first-order chi connectivity index (χ1) is 16.2. The van der Waals surface area contributed by atoms with E-state index in [9.17, 15) is 9.59 Å². The minimum absolute atomic E-state index is 0.0299. The van der Waals surface area contributed by atoms with E-state index in [2.05, 4.69) is 0 Å². The quantitative estimate of drug-likeness (QED) is 0.156. The van der Waals surface area contributed by atoms with Crippen LogP contribution in [0.5, 0.6) is 0 Å². The second-order valence-corrected chi connectivity index (χ2v) is 9.28. The van der Waals surface area contributed by atoms with Crippen molar-refractivity contribution in [3.8, 4) is 11.3 Å². The van der Waals surface area contributed by atoms with Gasteiger partial charge in [0.15, 0.2) is 0 Å². The number of para-hydroxylation sites is 1. The average Bonchev–Trinajstić information content (AvgIpc) is 3.28. The van der Waals surface area contributed by atoms with Crippen LogP contribution in [0.4, 0.5) is 0 Å². The zero-order valence-electron chi connectivity index (χ0n) is 17.8. The summed E-state index contributed by atoms with van der Waals surface area (Å²) >= 11 is 25.7. The number of ether oxygens (including phenoxy) is 2. The smallest absolute Gasteiger partial charge is 0.344 e. The van der Waals surface area contributed by atoms with Crippen molar-refractivity contribution in [1.29, 1.82) is 0 Å². The number of esters is 2. The van der Waals surface area contributed by atoms with Crippen LogP contribution in [0, 0.1) is 0 Å². The monoisotopic (exact) mass is 533 g/mol. The Morgan fingerprint density at radius 2 is 1.50 bits per heavy atom.